The Labute approximate surface area is 198 Å². The van der Waals surface area contributed by atoms with Crippen LogP contribution in [0.5, 0.6) is 0 Å². The van der Waals surface area contributed by atoms with Crippen molar-refractivity contribution in [2.75, 3.05) is 6.61 Å². The van der Waals surface area contributed by atoms with Crippen LogP contribution in [0.3, 0.4) is 0 Å². The Balaban J connectivity index is 1.32. The Morgan fingerprint density at radius 1 is 0.939 bits per heavy atom. The molecule has 2 saturated carbocycles. The molecule has 0 aromatic heterocycles. The molecule has 1 aromatic carbocycles. The number of hydrogen-bond donors (Lipinski definition) is 0. The SMILES string of the molecule is CC1(C)CCC(C)(C)c2cc([C@]3(C)C[C@@H]3COC(=O)[C@@]34CC[C@@](C)(C(=O)O3)C4(C)C)ccc21. The van der Waals surface area contributed by atoms with E-state index in [1.807, 2.05) is 20.8 Å². The highest BCUT2D eigenvalue weighted by molar-refractivity contribution is 5.93. The van der Waals surface area contributed by atoms with E-state index in [9.17, 15) is 9.59 Å². The van der Waals surface area contributed by atoms with E-state index in [1.54, 1.807) is 0 Å². The zero-order valence-corrected chi connectivity index (χ0v) is 21.7. The molecule has 1 heterocycles. The molecule has 3 fully saturated rings. The number of carbonyl (C=O) groups is 2. The molecular formula is C29H40O4. The van der Waals surface area contributed by atoms with Crippen LogP contribution in [0.4, 0.5) is 0 Å². The van der Waals surface area contributed by atoms with E-state index >= 15 is 0 Å². The van der Waals surface area contributed by atoms with Gasteiger partial charge in [0, 0.05) is 11.3 Å². The average Bonchev–Trinajstić information content (AvgIpc) is 3.33. The van der Waals surface area contributed by atoms with E-state index in [-0.39, 0.29) is 28.2 Å². The summed E-state index contributed by atoms with van der Waals surface area (Å²) in [5, 5.41) is 0. The monoisotopic (exact) mass is 452 g/mol. The van der Waals surface area contributed by atoms with Gasteiger partial charge in [0.05, 0.1) is 12.0 Å². The second kappa shape index (κ2) is 6.43. The van der Waals surface area contributed by atoms with Crippen molar-refractivity contribution in [2.24, 2.45) is 16.7 Å². The highest BCUT2D eigenvalue weighted by atomic mass is 16.6. The van der Waals surface area contributed by atoms with Crippen molar-refractivity contribution in [3.63, 3.8) is 0 Å². The molecule has 2 bridgehead atoms. The number of carbonyl (C=O) groups excluding carboxylic acids is 2. The van der Waals surface area contributed by atoms with Gasteiger partial charge in [0.15, 0.2) is 0 Å². The topological polar surface area (TPSA) is 52.6 Å². The summed E-state index contributed by atoms with van der Waals surface area (Å²) in [5.41, 5.74) is 2.42. The highest BCUT2D eigenvalue weighted by Gasteiger charge is 2.76. The molecule has 0 amide bonds. The second-order valence-electron chi connectivity index (χ2n) is 13.6. The normalized spacial score (nSPS) is 39.0. The molecule has 4 atom stereocenters. The third-order valence-electron chi connectivity index (χ3n) is 10.8. The number of ether oxygens (including phenoxy) is 2. The van der Waals surface area contributed by atoms with Gasteiger partial charge in [-0.05, 0) is 72.0 Å². The molecule has 1 aromatic rings. The number of esters is 2. The maximum absolute atomic E-state index is 13.3. The van der Waals surface area contributed by atoms with E-state index in [1.165, 1.54) is 29.5 Å². The second-order valence-corrected chi connectivity index (χ2v) is 13.6. The predicted octanol–water partition coefficient (Wildman–Crippen LogP) is 5.98. The average molecular weight is 453 g/mol. The molecule has 1 aliphatic heterocycles. The molecule has 0 radical (unpaired) electrons. The Hall–Kier alpha value is -1.84. The minimum absolute atomic E-state index is 0.0245. The van der Waals surface area contributed by atoms with E-state index < -0.39 is 16.4 Å². The highest BCUT2D eigenvalue weighted by Crippen LogP contribution is 2.66. The van der Waals surface area contributed by atoms with E-state index in [0.29, 0.717) is 25.4 Å². The first-order valence-corrected chi connectivity index (χ1v) is 12.7. The third kappa shape index (κ3) is 2.82. The van der Waals surface area contributed by atoms with Gasteiger partial charge >= 0.3 is 11.9 Å². The zero-order valence-electron chi connectivity index (χ0n) is 21.7. The third-order valence-corrected chi connectivity index (χ3v) is 10.8. The van der Waals surface area contributed by atoms with Crippen LogP contribution < -0.4 is 0 Å². The van der Waals surface area contributed by atoms with Crippen molar-refractivity contribution < 1.29 is 19.1 Å². The zero-order chi connectivity index (χ0) is 24.2. The number of fused-ring (bicyclic) bond motifs is 3. The first-order chi connectivity index (χ1) is 15.1. The fourth-order valence-corrected chi connectivity index (χ4v) is 6.99. The van der Waals surface area contributed by atoms with E-state index in [4.69, 9.17) is 9.47 Å². The van der Waals surface area contributed by atoms with E-state index in [0.717, 1.165) is 6.42 Å². The summed E-state index contributed by atoms with van der Waals surface area (Å²) in [6, 6.07) is 7.07. The van der Waals surface area contributed by atoms with Gasteiger partial charge in [0.2, 0.25) is 5.60 Å². The quantitative estimate of drug-likeness (QED) is 0.528. The lowest BCUT2D eigenvalue weighted by atomic mass is 9.62. The standard InChI is InChI=1S/C29H40O4/c1-24(2)11-12-25(3,4)21-15-18(9-10-20(21)24)27(7)16-19(27)17-32-23(31)29-14-13-28(8,22(30)33-29)26(29,5)6/h9-10,15,19H,11-14,16-17H2,1-8H3/t19-,27+,28+,29-/m1/s1. The maximum atomic E-state index is 13.3. The van der Waals surface area contributed by atoms with Crippen molar-refractivity contribution in [3.05, 3.63) is 34.9 Å². The van der Waals surface area contributed by atoms with Crippen LogP contribution in [0.2, 0.25) is 0 Å². The lowest BCUT2D eigenvalue weighted by Gasteiger charge is -2.42. The summed E-state index contributed by atoms with van der Waals surface area (Å²) < 4.78 is 11.6. The minimum Gasteiger partial charge on any atom is -0.462 e. The predicted molar refractivity (Wildman–Crippen MR) is 128 cm³/mol. The molecule has 4 nitrogen and oxygen atoms in total. The lowest BCUT2D eigenvalue weighted by Crippen LogP contribution is -2.49. The van der Waals surface area contributed by atoms with Crippen LogP contribution in [-0.2, 0) is 35.3 Å². The fraction of sp³-hybridized carbons (Fsp3) is 0.724. The molecule has 4 aliphatic rings. The van der Waals surface area contributed by atoms with Crippen molar-refractivity contribution in [1.82, 2.24) is 0 Å². The number of benzene rings is 1. The summed E-state index contributed by atoms with van der Waals surface area (Å²) >= 11 is 0. The van der Waals surface area contributed by atoms with Gasteiger partial charge in [-0.15, -0.1) is 0 Å². The molecule has 0 spiro atoms. The smallest absolute Gasteiger partial charge is 0.351 e. The maximum Gasteiger partial charge on any atom is 0.351 e. The first kappa shape index (κ1) is 22.9. The molecular weight excluding hydrogens is 412 g/mol. The molecule has 1 saturated heterocycles. The van der Waals surface area contributed by atoms with Crippen LogP contribution in [0.25, 0.3) is 0 Å². The Morgan fingerprint density at radius 2 is 1.58 bits per heavy atom. The first-order valence-electron chi connectivity index (χ1n) is 12.7. The summed E-state index contributed by atoms with van der Waals surface area (Å²) in [5.74, 6) is -0.320. The Bertz CT molecular complexity index is 1050. The fourth-order valence-electron chi connectivity index (χ4n) is 6.99. The van der Waals surface area contributed by atoms with Crippen molar-refractivity contribution in [3.8, 4) is 0 Å². The van der Waals surface area contributed by atoms with Gasteiger partial charge in [-0.2, -0.15) is 0 Å². The van der Waals surface area contributed by atoms with Crippen LogP contribution in [0.15, 0.2) is 18.2 Å². The molecule has 33 heavy (non-hydrogen) atoms. The summed E-state index contributed by atoms with van der Waals surface area (Å²) in [4.78, 5) is 25.8. The van der Waals surface area contributed by atoms with Gasteiger partial charge < -0.3 is 9.47 Å². The Morgan fingerprint density at radius 3 is 2.15 bits per heavy atom. The summed E-state index contributed by atoms with van der Waals surface area (Å²) in [6.07, 6.45) is 4.65. The van der Waals surface area contributed by atoms with Crippen molar-refractivity contribution in [1.29, 1.82) is 0 Å². The van der Waals surface area contributed by atoms with Crippen LogP contribution in [-0.4, -0.2) is 24.1 Å². The van der Waals surface area contributed by atoms with Crippen LogP contribution >= 0.6 is 0 Å². The number of rotatable bonds is 4. The van der Waals surface area contributed by atoms with Gasteiger partial charge in [0.25, 0.3) is 0 Å². The molecule has 4 heteroatoms. The van der Waals surface area contributed by atoms with Crippen LogP contribution in [0, 0.1) is 16.7 Å². The summed E-state index contributed by atoms with van der Waals surface area (Å²) in [7, 11) is 0. The van der Waals surface area contributed by atoms with Gasteiger partial charge in [-0.1, -0.05) is 66.7 Å². The molecule has 5 rings (SSSR count). The molecule has 180 valence electrons. The number of hydrogen-bond acceptors (Lipinski definition) is 4. The van der Waals surface area contributed by atoms with E-state index in [2.05, 4.69) is 52.8 Å². The van der Waals surface area contributed by atoms with Gasteiger partial charge in [-0.25, -0.2) is 4.79 Å². The molecule has 0 unspecified atom stereocenters. The minimum atomic E-state index is -1.13. The lowest BCUT2D eigenvalue weighted by molar-refractivity contribution is -0.183. The molecule has 0 N–H and O–H groups in total. The largest absolute Gasteiger partial charge is 0.462 e. The molecule has 3 aliphatic carbocycles. The van der Waals surface area contributed by atoms with Gasteiger partial charge in [-0.3, -0.25) is 4.79 Å². The van der Waals surface area contributed by atoms with Crippen molar-refractivity contribution in [2.45, 2.75) is 109 Å². The van der Waals surface area contributed by atoms with Gasteiger partial charge in [0.1, 0.15) is 0 Å². The van der Waals surface area contributed by atoms with Crippen LogP contribution in [0.1, 0.15) is 104 Å². The summed E-state index contributed by atoms with van der Waals surface area (Å²) in [6.45, 7) is 18.0. The van der Waals surface area contributed by atoms with Crippen molar-refractivity contribution >= 4 is 11.9 Å². The Kier molecular flexibility index (Phi) is 4.47.